The second kappa shape index (κ2) is 14.5. The normalized spacial score (nSPS) is 12.0. The molecule has 1 aliphatic rings. The molecule has 0 unspecified atom stereocenters. The van der Waals surface area contributed by atoms with Gasteiger partial charge in [-0.15, -0.1) is 0 Å². The maximum absolute atomic E-state index is 10.8. The van der Waals surface area contributed by atoms with Gasteiger partial charge in [0.15, 0.2) is 0 Å². The van der Waals surface area contributed by atoms with Crippen LogP contribution in [-0.4, -0.2) is 13.7 Å². The largest absolute Gasteiger partial charge is 0.309 e. The molecule has 0 atom stereocenters. The van der Waals surface area contributed by atoms with Gasteiger partial charge in [-0.05, 0) is 136 Å². The Bertz CT molecular complexity index is 4370. The maximum atomic E-state index is 10.8. The van der Waals surface area contributed by atoms with Crippen LogP contribution in [0, 0.1) is 22.7 Å². The number of hydrogen-bond donors (Lipinski definition) is 0. The van der Waals surface area contributed by atoms with E-state index in [0.29, 0.717) is 11.1 Å². The molecule has 0 N–H and O–H groups in total. The van der Waals surface area contributed by atoms with Crippen LogP contribution in [0.25, 0.3) is 116 Å². The quantitative estimate of drug-likeness (QED) is 0.173. The van der Waals surface area contributed by atoms with E-state index in [0.717, 1.165) is 84.2 Å². The fourth-order valence-electron chi connectivity index (χ4n) is 11.3. The molecule has 0 aliphatic heterocycles. The Morgan fingerprint density at radius 1 is 0.338 bits per heavy atom. The van der Waals surface area contributed by atoms with Crippen molar-refractivity contribution in [3.63, 3.8) is 0 Å². The Kier molecular flexibility index (Phi) is 8.11. The third-order valence-corrected chi connectivity index (χ3v) is 14.3. The highest BCUT2D eigenvalue weighted by atomic mass is 15.0. The molecule has 13 aromatic rings. The summed E-state index contributed by atoms with van der Waals surface area (Å²) in [5, 5.41) is 27.8. The molecule has 0 fully saturated rings. The molecule has 3 heterocycles. The number of fused-ring (bicyclic) bond motifs is 13. The molecule has 1 aliphatic carbocycles. The summed E-state index contributed by atoms with van der Waals surface area (Å²) in [4.78, 5) is 0. The highest BCUT2D eigenvalue weighted by Crippen LogP contribution is 2.46. The second-order valence-corrected chi connectivity index (χ2v) is 17.9. The van der Waals surface area contributed by atoms with Crippen molar-refractivity contribution in [3.05, 3.63) is 235 Å². The molecule has 14 rings (SSSR count). The predicted octanol–water partition coefficient (Wildman–Crippen LogP) is 15.6. The van der Waals surface area contributed by atoms with Crippen molar-refractivity contribution < 1.29 is 0 Å². The molecule has 5 nitrogen and oxygen atoms in total. The zero-order valence-corrected chi connectivity index (χ0v) is 36.7. The minimum absolute atomic E-state index is 0.572. The summed E-state index contributed by atoms with van der Waals surface area (Å²) in [6, 6.07) is 80.4. The summed E-state index contributed by atoms with van der Waals surface area (Å²) in [5.74, 6) is 0. The molecule has 68 heavy (non-hydrogen) atoms. The third-order valence-electron chi connectivity index (χ3n) is 14.3. The first kappa shape index (κ1) is 37.9. The molecule has 0 spiro atoms. The first-order valence-electron chi connectivity index (χ1n) is 23.0. The van der Waals surface area contributed by atoms with Crippen LogP contribution in [0.15, 0.2) is 212 Å². The molecule has 3 aromatic heterocycles. The predicted molar refractivity (Wildman–Crippen MR) is 278 cm³/mol. The number of benzene rings is 10. The van der Waals surface area contributed by atoms with Crippen molar-refractivity contribution in [2.75, 3.05) is 0 Å². The summed E-state index contributed by atoms with van der Waals surface area (Å²) in [6.45, 7) is 0. The summed E-state index contributed by atoms with van der Waals surface area (Å²) in [7, 11) is 0. The van der Waals surface area contributed by atoms with Gasteiger partial charge >= 0.3 is 0 Å². The van der Waals surface area contributed by atoms with Gasteiger partial charge in [0.1, 0.15) is 0 Å². The summed E-state index contributed by atoms with van der Waals surface area (Å²) in [5.41, 5.74) is 19.8. The van der Waals surface area contributed by atoms with E-state index >= 15 is 0 Å². The van der Waals surface area contributed by atoms with Crippen LogP contribution in [0.1, 0.15) is 22.3 Å². The number of rotatable bonds is 5. The van der Waals surface area contributed by atoms with Crippen LogP contribution in [-0.2, 0) is 6.42 Å². The van der Waals surface area contributed by atoms with Gasteiger partial charge in [-0.1, -0.05) is 121 Å². The highest BCUT2D eigenvalue weighted by Gasteiger charge is 2.25. The molecule has 10 aromatic carbocycles. The van der Waals surface area contributed by atoms with Gasteiger partial charge in [-0.2, -0.15) is 10.5 Å². The van der Waals surface area contributed by atoms with Gasteiger partial charge in [0, 0.05) is 54.9 Å². The Morgan fingerprint density at radius 2 is 1.00 bits per heavy atom. The van der Waals surface area contributed by atoms with Crippen molar-refractivity contribution in [2.24, 2.45) is 0 Å². The van der Waals surface area contributed by atoms with E-state index in [2.05, 4.69) is 202 Å². The van der Waals surface area contributed by atoms with E-state index in [1.807, 2.05) is 36.4 Å². The third kappa shape index (κ3) is 5.48. The van der Waals surface area contributed by atoms with E-state index in [1.165, 1.54) is 49.2 Å². The highest BCUT2D eigenvalue weighted by molar-refractivity contribution is 6.26. The Balaban J connectivity index is 1.10. The van der Waals surface area contributed by atoms with Crippen LogP contribution in [0.3, 0.4) is 0 Å². The van der Waals surface area contributed by atoms with Gasteiger partial charge in [0.05, 0.1) is 56.4 Å². The van der Waals surface area contributed by atoms with Gasteiger partial charge in [-0.3, -0.25) is 0 Å². The minimum Gasteiger partial charge on any atom is -0.309 e. The first-order valence-corrected chi connectivity index (χ1v) is 23.0. The standard InChI is InChI=1S/C63H37N5/c64-37-39-13-12-15-40(29-39)41-25-26-43(38-65)54(33-41)45-31-47(35-48(32-45)67-57-22-9-7-20-51(57)56-36-55-44(34-61(56)67)30-42-14-4-5-18-49(42)55)66-59-24-11-8-21-53(59)62-60(66)28-27-52-50-19-6-10-23-58(50)68(63(52)62)46-16-2-1-3-17-46/h1-29,31-36H,30H2. The topological polar surface area (TPSA) is 62.4 Å². The number of para-hydroxylation sites is 4. The second-order valence-electron chi connectivity index (χ2n) is 17.9. The lowest BCUT2D eigenvalue weighted by Crippen LogP contribution is -2.01. The fraction of sp³-hybridized carbons (Fsp3) is 0.0159. The summed E-state index contributed by atoms with van der Waals surface area (Å²) >= 11 is 0. The molecule has 0 amide bonds. The van der Waals surface area contributed by atoms with Crippen LogP contribution >= 0.6 is 0 Å². The Morgan fingerprint density at radius 3 is 1.78 bits per heavy atom. The summed E-state index contributed by atoms with van der Waals surface area (Å²) < 4.78 is 7.26. The lowest BCUT2D eigenvalue weighted by Gasteiger charge is -2.17. The molecule has 5 heteroatoms. The van der Waals surface area contributed by atoms with E-state index in [-0.39, 0.29) is 0 Å². The van der Waals surface area contributed by atoms with Gasteiger partial charge in [0.2, 0.25) is 0 Å². The van der Waals surface area contributed by atoms with Crippen molar-refractivity contribution >= 4 is 65.4 Å². The molecule has 0 saturated heterocycles. The zero-order valence-electron chi connectivity index (χ0n) is 36.7. The molecule has 0 bridgehead atoms. The molecule has 0 saturated carbocycles. The van der Waals surface area contributed by atoms with Gasteiger partial charge < -0.3 is 13.7 Å². The van der Waals surface area contributed by atoms with Gasteiger partial charge in [-0.25, -0.2) is 0 Å². The zero-order chi connectivity index (χ0) is 45.0. The molecule has 314 valence electrons. The molecular formula is C63H37N5. The minimum atomic E-state index is 0.572. The number of aromatic nitrogens is 3. The average Bonchev–Trinajstić information content (AvgIpc) is 4.14. The van der Waals surface area contributed by atoms with Crippen molar-refractivity contribution in [3.8, 4) is 62.6 Å². The van der Waals surface area contributed by atoms with Crippen molar-refractivity contribution in [1.29, 1.82) is 10.5 Å². The molecule has 0 radical (unpaired) electrons. The molecular weight excluding hydrogens is 827 g/mol. The van der Waals surface area contributed by atoms with Crippen molar-refractivity contribution in [2.45, 2.75) is 6.42 Å². The van der Waals surface area contributed by atoms with E-state index < -0.39 is 0 Å². The number of hydrogen-bond acceptors (Lipinski definition) is 2. The van der Waals surface area contributed by atoms with E-state index in [4.69, 9.17) is 0 Å². The first-order chi connectivity index (χ1) is 33.6. The van der Waals surface area contributed by atoms with Crippen LogP contribution < -0.4 is 0 Å². The monoisotopic (exact) mass is 863 g/mol. The Hall–Kier alpha value is -9.42. The smallest absolute Gasteiger partial charge is 0.0998 e. The van der Waals surface area contributed by atoms with E-state index in [9.17, 15) is 10.5 Å². The van der Waals surface area contributed by atoms with Gasteiger partial charge in [0.25, 0.3) is 0 Å². The fourth-order valence-corrected chi connectivity index (χ4v) is 11.3. The Labute approximate surface area is 391 Å². The number of nitriles is 2. The van der Waals surface area contributed by atoms with Crippen LogP contribution in [0.2, 0.25) is 0 Å². The van der Waals surface area contributed by atoms with Crippen LogP contribution in [0.5, 0.6) is 0 Å². The lowest BCUT2D eigenvalue weighted by atomic mass is 9.94. The lowest BCUT2D eigenvalue weighted by molar-refractivity contribution is 1.13. The SMILES string of the molecule is N#Cc1cccc(-c2ccc(C#N)c(-c3cc(-n4c5ccccc5c5cc6c(cc54)Cc4ccccc4-6)cc(-n4c5ccccc5c5c4ccc4c6ccccc6n(-c6ccccc6)c45)c3)c2)c1. The maximum Gasteiger partial charge on any atom is 0.0998 e. The number of nitrogens with zero attached hydrogens (tertiary/aromatic N) is 5. The van der Waals surface area contributed by atoms with E-state index in [1.54, 1.807) is 0 Å². The van der Waals surface area contributed by atoms with Crippen molar-refractivity contribution in [1.82, 2.24) is 13.7 Å². The summed E-state index contributed by atoms with van der Waals surface area (Å²) in [6.07, 6.45) is 0.884. The van der Waals surface area contributed by atoms with Crippen LogP contribution in [0.4, 0.5) is 0 Å². The average molecular weight is 864 g/mol.